The average Bonchev–Trinajstić information content (AvgIpc) is 3.13. The van der Waals surface area contributed by atoms with Crippen LogP contribution in [0, 0.1) is 26.6 Å². The van der Waals surface area contributed by atoms with Gasteiger partial charge in [0.2, 0.25) is 0 Å². The van der Waals surface area contributed by atoms with Crippen molar-refractivity contribution in [3.8, 4) is 16.9 Å². The molecular weight excluding hydrogens is 479 g/mol. The molecule has 1 atom stereocenters. The summed E-state index contributed by atoms with van der Waals surface area (Å²) in [5, 5.41) is 0. The second-order valence-corrected chi connectivity index (χ2v) is 10.6. The number of hydrogen-bond donors (Lipinski definition) is 1. The number of piperidine rings is 1. The van der Waals surface area contributed by atoms with Crippen molar-refractivity contribution in [2.45, 2.75) is 52.6 Å². The second-order valence-electron chi connectivity index (χ2n) is 10.6. The van der Waals surface area contributed by atoms with Crippen molar-refractivity contribution in [3.05, 3.63) is 82.4 Å². The van der Waals surface area contributed by atoms with E-state index in [2.05, 4.69) is 41.2 Å². The number of aromatic nitrogens is 2. The fourth-order valence-electron chi connectivity index (χ4n) is 6.04. The Hall–Kier alpha value is -3.87. The van der Waals surface area contributed by atoms with E-state index in [1.807, 2.05) is 35.8 Å². The van der Waals surface area contributed by atoms with Crippen LogP contribution in [0.1, 0.15) is 53.4 Å². The molecule has 1 saturated heterocycles. The molecule has 38 heavy (non-hydrogen) atoms. The van der Waals surface area contributed by atoms with Crippen molar-refractivity contribution in [2.75, 3.05) is 19.7 Å². The molecule has 0 saturated carbocycles. The van der Waals surface area contributed by atoms with E-state index in [0.717, 1.165) is 75.3 Å². The number of carbonyl (C=O) groups is 1. The highest BCUT2D eigenvalue weighted by Gasteiger charge is 2.33. The van der Waals surface area contributed by atoms with Gasteiger partial charge < -0.3 is 19.5 Å². The first kappa shape index (κ1) is 24.5. The van der Waals surface area contributed by atoms with Gasteiger partial charge in [0.15, 0.2) is 0 Å². The normalized spacial score (nSPS) is 17.7. The quantitative estimate of drug-likeness (QED) is 0.320. The Morgan fingerprint density at radius 3 is 2.71 bits per heavy atom. The van der Waals surface area contributed by atoms with Crippen molar-refractivity contribution in [1.82, 2.24) is 19.8 Å². The number of imidazole rings is 1. The average molecular weight is 513 g/mol. The lowest BCUT2D eigenvalue weighted by atomic mass is 9.92. The summed E-state index contributed by atoms with van der Waals surface area (Å²) in [5.41, 5.74) is 8.14. The molecule has 0 bridgehead atoms. The predicted molar refractivity (Wildman–Crippen MR) is 147 cm³/mol. The van der Waals surface area contributed by atoms with E-state index in [-0.39, 0.29) is 17.9 Å². The van der Waals surface area contributed by atoms with E-state index in [4.69, 9.17) is 4.74 Å². The molecule has 7 heteroatoms. The molecule has 0 radical (unpaired) electrons. The maximum atomic E-state index is 14.0. The number of halogens is 1. The van der Waals surface area contributed by atoms with Gasteiger partial charge in [0.05, 0.1) is 30.2 Å². The number of fused-ring (bicyclic) bond motifs is 2. The summed E-state index contributed by atoms with van der Waals surface area (Å²) < 4.78 is 20.0. The third kappa shape index (κ3) is 4.51. The van der Waals surface area contributed by atoms with Crippen LogP contribution in [0.2, 0.25) is 0 Å². The molecule has 1 N–H and O–H groups in total. The summed E-state index contributed by atoms with van der Waals surface area (Å²) in [7, 11) is 0. The van der Waals surface area contributed by atoms with E-state index < -0.39 is 0 Å². The van der Waals surface area contributed by atoms with E-state index in [9.17, 15) is 9.18 Å². The lowest BCUT2D eigenvalue weighted by molar-refractivity contribution is 0.110. The Balaban J connectivity index is 1.30. The van der Waals surface area contributed by atoms with Crippen molar-refractivity contribution in [2.24, 2.45) is 0 Å². The number of nitrogens with one attached hydrogen (secondary N) is 1. The SMILES string of the molecule is Cc1nc2ccc(-c3cc(C)c4c(c3)CN(C(=O)N3CCCCC3c3ccc(F)cc3C)CCO4)cc2[nH]1. The van der Waals surface area contributed by atoms with Crippen LogP contribution in [0.4, 0.5) is 9.18 Å². The molecule has 2 amide bonds. The smallest absolute Gasteiger partial charge is 0.320 e. The molecule has 6 nitrogen and oxygen atoms in total. The zero-order chi connectivity index (χ0) is 26.4. The lowest BCUT2D eigenvalue weighted by Crippen LogP contribution is -2.47. The number of nitrogens with zero attached hydrogens (tertiary/aromatic N) is 3. The van der Waals surface area contributed by atoms with Crippen LogP contribution in [-0.4, -0.2) is 45.5 Å². The highest BCUT2D eigenvalue weighted by atomic mass is 19.1. The summed E-state index contributed by atoms with van der Waals surface area (Å²) in [4.78, 5) is 25.7. The number of aryl methyl sites for hydroxylation is 3. The number of hydrogen-bond acceptors (Lipinski definition) is 3. The molecule has 2 aliphatic heterocycles. The van der Waals surface area contributed by atoms with Crippen molar-refractivity contribution in [3.63, 3.8) is 0 Å². The highest BCUT2D eigenvalue weighted by molar-refractivity contribution is 5.83. The van der Waals surface area contributed by atoms with Gasteiger partial charge in [0, 0.05) is 12.1 Å². The number of carbonyl (C=O) groups excluding carboxylic acids is 1. The molecule has 2 aliphatic rings. The van der Waals surface area contributed by atoms with Gasteiger partial charge in [-0.2, -0.15) is 0 Å². The van der Waals surface area contributed by atoms with Gasteiger partial charge in [-0.25, -0.2) is 14.2 Å². The number of benzene rings is 3. The zero-order valence-electron chi connectivity index (χ0n) is 22.2. The number of amides is 2. The summed E-state index contributed by atoms with van der Waals surface area (Å²) in [6.45, 7) is 8.11. The number of urea groups is 1. The van der Waals surface area contributed by atoms with E-state index >= 15 is 0 Å². The fraction of sp³-hybridized carbons (Fsp3) is 0.355. The largest absolute Gasteiger partial charge is 0.491 e. The van der Waals surface area contributed by atoms with E-state index in [1.165, 1.54) is 6.07 Å². The van der Waals surface area contributed by atoms with Gasteiger partial charge in [-0.05, 0) is 104 Å². The highest BCUT2D eigenvalue weighted by Crippen LogP contribution is 2.37. The van der Waals surface area contributed by atoms with Crippen molar-refractivity contribution < 1.29 is 13.9 Å². The minimum atomic E-state index is -0.241. The van der Waals surface area contributed by atoms with Crippen LogP contribution in [0.3, 0.4) is 0 Å². The molecule has 4 aromatic rings. The van der Waals surface area contributed by atoms with Crippen LogP contribution in [-0.2, 0) is 6.54 Å². The number of rotatable bonds is 2. The van der Waals surface area contributed by atoms with Crippen LogP contribution in [0.15, 0.2) is 48.5 Å². The number of likely N-dealkylation sites (tertiary alicyclic amines) is 1. The molecule has 0 aliphatic carbocycles. The van der Waals surface area contributed by atoms with Crippen LogP contribution >= 0.6 is 0 Å². The first-order chi connectivity index (χ1) is 18.4. The molecule has 1 unspecified atom stereocenters. The van der Waals surface area contributed by atoms with Gasteiger partial charge in [-0.3, -0.25) is 0 Å². The van der Waals surface area contributed by atoms with Crippen molar-refractivity contribution >= 4 is 17.1 Å². The molecule has 1 aromatic heterocycles. The maximum absolute atomic E-state index is 14.0. The van der Waals surface area contributed by atoms with Gasteiger partial charge in [0.25, 0.3) is 0 Å². The molecule has 6 rings (SSSR count). The molecule has 196 valence electrons. The Morgan fingerprint density at radius 2 is 1.87 bits per heavy atom. The standard InChI is InChI=1S/C31H33FN4O2/c1-19-15-25(32)8-9-26(19)29-6-4-5-11-36(29)31(37)35-12-13-38-30-20(2)14-23(16-24(30)18-35)22-7-10-27-28(17-22)34-21(3)33-27/h7-10,14-17,29H,4-6,11-13,18H2,1-3H3,(H,33,34). The third-order valence-electron chi connectivity index (χ3n) is 7.86. The first-order valence-electron chi connectivity index (χ1n) is 13.4. The number of H-pyrrole nitrogens is 1. The summed E-state index contributed by atoms with van der Waals surface area (Å²) in [6.07, 6.45) is 2.92. The maximum Gasteiger partial charge on any atom is 0.320 e. The predicted octanol–water partition coefficient (Wildman–Crippen LogP) is 6.84. The second kappa shape index (κ2) is 9.78. The Labute approximate surface area is 222 Å². The molecule has 3 aromatic carbocycles. The summed E-state index contributed by atoms with van der Waals surface area (Å²) >= 11 is 0. The minimum absolute atomic E-state index is 0.0206. The van der Waals surface area contributed by atoms with Gasteiger partial charge in [0.1, 0.15) is 24.0 Å². The molecule has 0 spiro atoms. The summed E-state index contributed by atoms with van der Waals surface area (Å²) in [5.74, 6) is 1.52. The van der Waals surface area contributed by atoms with Crippen LogP contribution < -0.4 is 4.74 Å². The zero-order valence-corrected chi connectivity index (χ0v) is 22.2. The lowest BCUT2D eigenvalue weighted by Gasteiger charge is -2.39. The Kier molecular flexibility index (Phi) is 6.30. The fourth-order valence-corrected chi connectivity index (χ4v) is 6.04. The Bertz CT molecular complexity index is 1530. The number of aromatic amines is 1. The van der Waals surface area contributed by atoms with Gasteiger partial charge in [-0.15, -0.1) is 0 Å². The van der Waals surface area contributed by atoms with Gasteiger partial charge >= 0.3 is 6.03 Å². The first-order valence-corrected chi connectivity index (χ1v) is 13.4. The minimum Gasteiger partial charge on any atom is -0.491 e. The van der Waals surface area contributed by atoms with Crippen LogP contribution in [0.25, 0.3) is 22.2 Å². The molecule has 1 fully saturated rings. The van der Waals surface area contributed by atoms with Crippen LogP contribution in [0.5, 0.6) is 5.75 Å². The molecule has 3 heterocycles. The summed E-state index contributed by atoms with van der Waals surface area (Å²) in [6, 6.07) is 15.4. The van der Waals surface area contributed by atoms with E-state index in [1.54, 1.807) is 6.07 Å². The third-order valence-corrected chi connectivity index (χ3v) is 7.86. The van der Waals surface area contributed by atoms with E-state index in [0.29, 0.717) is 26.2 Å². The Morgan fingerprint density at radius 1 is 1.00 bits per heavy atom. The molecular formula is C31H33FN4O2. The van der Waals surface area contributed by atoms with Gasteiger partial charge in [-0.1, -0.05) is 12.1 Å². The number of ether oxygens (including phenoxy) is 1. The topological polar surface area (TPSA) is 61.5 Å². The van der Waals surface area contributed by atoms with Crippen molar-refractivity contribution in [1.29, 1.82) is 0 Å². The monoisotopic (exact) mass is 512 g/mol.